The van der Waals surface area contributed by atoms with Crippen molar-refractivity contribution in [3.05, 3.63) is 30.1 Å². The molecule has 2 fully saturated rings. The monoisotopic (exact) mass is 349 g/mol. The van der Waals surface area contributed by atoms with Crippen LogP contribution >= 0.6 is 0 Å². The molecule has 2 aliphatic rings. The summed E-state index contributed by atoms with van der Waals surface area (Å²) in [5.41, 5.74) is 0.581. The van der Waals surface area contributed by atoms with Crippen LogP contribution in [0.3, 0.4) is 0 Å². The van der Waals surface area contributed by atoms with E-state index >= 15 is 0 Å². The number of carbonyl (C=O) groups is 2. The van der Waals surface area contributed by atoms with Gasteiger partial charge in [0.1, 0.15) is 5.82 Å². The lowest BCUT2D eigenvalue weighted by Gasteiger charge is -2.36. The molecule has 2 amide bonds. The summed E-state index contributed by atoms with van der Waals surface area (Å²) in [5.74, 6) is -0.227. The quantitative estimate of drug-likeness (QED) is 0.817. The molecule has 0 atom stereocenters. The molecule has 3 rings (SSSR count). The number of rotatable bonds is 4. The van der Waals surface area contributed by atoms with Crippen molar-refractivity contribution in [2.45, 2.75) is 12.8 Å². The van der Waals surface area contributed by atoms with Gasteiger partial charge >= 0.3 is 0 Å². The average Bonchev–Trinajstić information content (AvgIpc) is 2.67. The normalized spacial score (nSPS) is 18.4. The summed E-state index contributed by atoms with van der Waals surface area (Å²) in [6.07, 6.45) is 0.474. The highest BCUT2D eigenvalue weighted by Gasteiger charge is 2.24. The average molecular weight is 349 g/mol. The maximum Gasteiger partial charge on any atom is 0.223 e. The Morgan fingerprint density at radius 3 is 2.04 bits per heavy atom. The number of morpholine rings is 1. The Morgan fingerprint density at radius 1 is 0.880 bits per heavy atom. The Hall–Kier alpha value is -2.15. The third kappa shape index (κ3) is 4.48. The molecule has 0 unspecified atom stereocenters. The number of piperazine rings is 1. The summed E-state index contributed by atoms with van der Waals surface area (Å²) in [5, 5.41) is 0. The van der Waals surface area contributed by atoms with Crippen LogP contribution in [0.4, 0.5) is 10.1 Å². The molecule has 0 saturated carbocycles. The van der Waals surface area contributed by atoms with Crippen molar-refractivity contribution in [1.29, 1.82) is 0 Å². The third-order valence-corrected chi connectivity index (χ3v) is 4.74. The standard InChI is InChI=1S/C18H24FN3O3/c19-15-3-1-2-4-16(15)20-7-9-21(10-8-20)17(23)5-6-18(24)22-11-13-25-14-12-22/h1-4H,5-14H2. The van der Waals surface area contributed by atoms with Gasteiger partial charge in [0.05, 0.1) is 18.9 Å². The molecule has 6 nitrogen and oxygen atoms in total. The minimum absolute atomic E-state index is 0.00482. The van der Waals surface area contributed by atoms with E-state index in [1.54, 1.807) is 21.9 Å². The summed E-state index contributed by atoms with van der Waals surface area (Å²) in [7, 11) is 0. The van der Waals surface area contributed by atoms with Crippen LogP contribution < -0.4 is 4.90 Å². The number of benzene rings is 1. The van der Waals surface area contributed by atoms with Gasteiger partial charge in [0.2, 0.25) is 11.8 Å². The van der Waals surface area contributed by atoms with Crippen molar-refractivity contribution in [2.75, 3.05) is 57.4 Å². The molecule has 0 bridgehead atoms. The zero-order chi connectivity index (χ0) is 17.6. The number of ether oxygens (including phenoxy) is 1. The fraction of sp³-hybridized carbons (Fsp3) is 0.556. The lowest BCUT2D eigenvalue weighted by molar-refractivity contribution is -0.139. The first-order valence-electron chi connectivity index (χ1n) is 8.78. The van der Waals surface area contributed by atoms with E-state index in [0.29, 0.717) is 58.2 Å². The summed E-state index contributed by atoms with van der Waals surface area (Å²) in [6.45, 7) is 4.66. The zero-order valence-electron chi connectivity index (χ0n) is 14.3. The second-order valence-electron chi connectivity index (χ2n) is 6.31. The van der Waals surface area contributed by atoms with Gasteiger partial charge in [0.15, 0.2) is 0 Å². The summed E-state index contributed by atoms with van der Waals surface area (Å²) < 4.78 is 19.1. The molecular formula is C18H24FN3O3. The highest BCUT2D eigenvalue weighted by atomic mass is 19.1. The molecule has 1 aromatic rings. The summed E-state index contributed by atoms with van der Waals surface area (Å²) >= 11 is 0. The maximum absolute atomic E-state index is 13.8. The lowest BCUT2D eigenvalue weighted by Crippen LogP contribution is -2.49. The highest BCUT2D eigenvalue weighted by Crippen LogP contribution is 2.20. The zero-order valence-corrected chi connectivity index (χ0v) is 14.3. The van der Waals surface area contributed by atoms with Crippen LogP contribution in [0.5, 0.6) is 0 Å². The van der Waals surface area contributed by atoms with Gasteiger partial charge in [-0.2, -0.15) is 0 Å². The molecular weight excluding hydrogens is 325 g/mol. The van der Waals surface area contributed by atoms with Crippen molar-refractivity contribution in [3.8, 4) is 0 Å². The number of hydrogen-bond donors (Lipinski definition) is 0. The van der Waals surface area contributed by atoms with Crippen molar-refractivity contribution in [1.82, 2.24) is 9.80 Å². The molecule has 0 radical (unpaired) electrons. The predicted octanol–water partition coefficient (Wildman–Crippen LogP) is 1.11. The first-order chi connectivity index (χ1) is 12.1. The Labute approximate surface area is 147 Å². The number of halogens is 1. The number of anilines is 1. The Kier molecular flexibility index (Phi) is 5.86. The second-order valence-corrected chi connectivity index (χ2v) is 6.31. The van der Waals surface area contributed by atoms with E-state index in [4.69, 9.17) is 4.74 Å². The van der Waals surface area contributed by atoms with Crippen molar-refractivity contribution < 1.29 is 18.7 Å². The maximum atomic E-state index is 13.8. The van der Waals surface area contributed by atoms with E-state index in [1.165, 1.54) is 6.07 Å². The van der Waals surface area contributed by atoms with Crippen LogP contribution in [0.1, 0.15) is 12.8 Å². The molecule has 7 heteroatoms. The fourth-order valence-electron chi connectivity index (χ4n) is 3.25. The number of para-hydroxylation sites is 1. The van der Waals surface area contributed by atoms with Gasteiger partial charge in [-0.1, -0.05) is 12.1 Å². The molecule has 0 N–H and O–H groups in total. The molecule has 2 aliphatic heterocycles. The fourth-order valence-corrected chi connectivity index (χ4v) is 3.25. The van der Waals surface area contributed by atoms with Crippen LogP contribution in [-0.2, 0) is 14.3 Å². The second kappa shape index (κ2) is 8.29. The van der Waals surface area contributed by atoms with Gasteiger partial charge in [0.25, 0.3) is 0 Å². The molecule has 136 valence electrons. The minimum atomic E-state index is -0.238. The van der Waals surface area contributed by atoms with Crippen molar-refractivity contribution >= 4 is 17.5 Å². The van der Waals surface area contributed by atoms with Crippen LogP contribution in [0.2, 0.25) is 0 Å². The third-order valence-electron chi connectivity index (χ3n) is 4.74. The van der Waals surface area contributed by atoms with E-state index in [0.717, 1.165) is 0 Å². The Bertz CT molecular complexity index is 611. The molecule has 2 heterocycles. The van der Waals surface area contributed by atoms with Crippen molar-refractivity contribution in [2.24, 2.45) is 0 Å². The summed E-state index contributed by atoms with van der Waals surface area (Å²) in [6, 6.07) is 6.69. The molecule has 2 saturated heterocycles. The molecule has 1 aromatic carbocycles. The first kappa shape index (κ1) is 17.7. The van der Waals surface area contributed by atoms with Gasteiger partial charge in [0, 0.05) is 52.1 Å². The van der Waals surface area contributed by atoms with E-state index < -0.39 is 0 Å². The molecule has 0 aliphatic carbocycles. The van der Waals surface area contributed by atoms with E-state index in [2.05, 4.69) is 0 Å². The van der Waals surface area contributed by atoms with Gasteiger partial charge in [-0.25, -0.2) is 4.39 Å². The van der Waals surface area contributed by atoms with Crippen LogP contribution in [0.15, 0.2) is 24.3 Å². The van der Waals surface area contributed by atoms with Crippen molar-refractivity contribution in [3.63, 3.8) is 0 Å². The van der Waals surface area contributed by atoms with Gasteiger partial charge in [-0.3, -0.25) is 9.59 Å². The Balaban J connectivity index is 1.44. The number of carbonyl (C=O) groups excluding carboxylic acids is 2. The van der Waals surface area contributed by atoms with Gasteiger partial charge in [-0.05, 0) is 12.1 Å². The molecule has 25 heavy (non-hydrogen) atoms. The SMILES string of the molecule is O=C(CCC(=O)N1CCN(c2ccccc2F)CC1)N1CCOCC1. The molecule has 0 spiro atoms. The first-order valence-corrected chi connectivity index (χ1v) is 8.78. The largest absolute Gasteiger partial charge is 0.378 e. The lowest BCUT2D eigenvalue weighted by atomic mass is 10.2. The highest BCUT2D eigenvalue weighted by molar-refractivity contribution is 5.84. The predicted molar refractivity (Wildman–Crippen MR) is 91.8 cm³/mol. The van der Waals surface area contributed by atoms with Crippen LogP contribution in [0.25, 0.3) is 0 Å². The topological polar surface area (TPSA) is 53.1 Å². The minimum Gasteiger partial charge on any atom is -0.378 e. The van der Waals surface area contributed by atoms with Crippen LogP contribution in [0, 0.1) is 5.82 Å². The van der Waals surface area contributed by atoms with Gasteiger partial charge < -0.3 is 19.4 Å². The number of nitrogens with zero attached hydrogens (tertiary/aromatic N) is 3. The summed E-state index contributed by atoms with van der Waals surface area (Å²) in [4.78, 5) is 29.9. The Morgan fingerprint density at radius 2 is 1.44 bits per heavy atom. The van der Waals surface area contributed by atoms with E-state index in [-0.39, 0.29) is 30.5 Å². The van der Waals surface area contributed by atoms with Gasteiger partial charge in [-0.15, -0.1) is 0 Å². The smallest absolute Gasteiger partial charge is 0.223 e. The number of amides is 2. The number of hydrogen-bond acceptors (Lipinski definition) is 4. The molecule has 0 aromatic heterocycles. The van der Waals surface area contributed by atoms with Crippen LogP contribution in [-0.4, -0.2) is 74.1 Å². The van der Waals surface area contributed by atoms with E-state index in [9.17, 15) is 14.0 Å². The van der Waals surface area contributed by atoms with E-state index in [1.807, 2.05) is 11.0 Å².